The van der Waals surface area contributed by atoms with Gasteiger partial charge in [0.1, 0.15) is 5.69 Å². The summed E-state index contributed by atoms with van der Waals surface area (Å²) >= 11 is 0. The Labute approximate surface area is 115 Å². The normalized spacial score (nSPS) is 10.4. The summed E-state index contributed by atoms with van der Waals surface area (Å²) in [5.74, 6) is -0.210. The summed E-state index contributed by atoms with van der Waals surface area (Å²) in [6.45, 7) is 0. The molecule has 0 saturated heterocycles. The number of nitrogens with two attached hydrogens (primary N) is 1. The first-order valence-corrected chi connectivity index (χ1v) is 6.17. The van der Waals surface area contributed by atoms with E-state index in [9.17, 15) is 4.79 Å². The molecule has 0 radical (unpaired) electrons. The summed E-state index contributed by atoms with van der Waals surface area (Å²) in [5.41, 5.74) is 7.60. The van der Waals surface area contributed by atoms with Crippen molar-refractivity contribution in [3.63, 3.8) is 0 Å². The maximum Gasteiger partial charge on any atom is 0.304 e. The molecule has 98 valence electrons. The maximum atomic E-state index is 11.3. The number of hydrogen-bond donors (Lipinski definition) is 1. The third-order valence-electron chi connectivity index (χ3n) is 2.92. The fourth-order valence-electron chi connectivity index (χ4n) is 2.00. The van der Waals surface area contributed by atoms with Crippen molar-refractivity contribution in [2.75, 3.05) is 0 Å². The smallest absolute Gasteiger partial charge is 0.304 e. The van der Waals surface area contributed by atoms with E-state index in [1.54, 1.807) is 0 Å². The summed E-state index contributed by atoms with van der Waals surface area (Å²) in [6.07, 6.45) is 0. The van der Waals surface area contributed by atoms with Crippen molar-refractivity contribution in [2.45, 2.75) is 0 Å². The lowest BCUT2D eigenvalue weighted by Crippen LogP contribution is -2.10. The molecule has 4 nitrogen and oxygen atoms in total. The molecule has 0 saturated carbocycles. The first kappa shape index (κ1) is 12.2. The Morgan fingerprint density at radius 3 is 2.00 bits per heavy atom. The number of benzene rings is 2. The molecule has 4 heteroatoms. The van der Waals surface area contributed by atoms with Gasteiger partial charge in [0, 0.05) is 11.1 Å². The molecule has 2 aromatic carbocycles. The minimum atomic E-state index is -0.677. The van der Waals surface area contributed by atoms with Gasteiger partial charge in [-0.25, -0.2) is 4.98 Å². The molecular weight excluding hydrogens is 252 g/mol. The number of aromatic nitrogens is 1. The van der Waals surface area contributed by atoms with Crippen LogP contribution in [0.3, 0.4) is 0 Å². The number of hydrogen-bond acceptors (Lipinski definition) is 3. The summed E-state index contributed by atoms with van der Waals surface area (Å²) in [6, 6.07) is 19.1. The van der Waals surface area contributed by atoms with Crippen LogP contribution in [0.1, 0.15) is 10.7 Å². The Kier molecular flexibility index (Phi) is 3.05. The van der Waals surface area contributed by atoms with Gasteiger partial charge in [-0.1, -0.05) is 60.7 Å². The van der Waals surface area contributed by atoms with Gasteiger partial charge in [0.15, 0.2) is 5.76 Å². The van der Waals surface area contributed by atoms with Gasteiger partial charge in [-0.3, -0.25) is 4.79 Å². The number of oxazole rings is 1. The average molecular weight is 264 g/mol. The van der Waals surface area contributed by atoms with E-state index in [1.807, 2.05) is 60.7 Å². The fourth-order valence-corrected chi connectivity index (χ4v) is 2.00. The molecule has 0 fully saturated rings. The molecule has 2 N–H and O–H groups in total. The number of rotatable bonds is 3. The van der Waals surface area contributed by atoms with E-state index in [2.05, 4.69) is 4.98 Å². The second-order valence-corrected chi connectivity index (χ2v) is 4.29. The van der Waals surface area contributed by atoms with Crippen LogP contribution in [0, 0.1) is 0 Å². The molecule has 1 heterocycles. The lowest BCUT2D eigenvalue weighted by molar-refractivity contribution is 0.0968. The predicted octanol–water partition coefficient (Wildman–Crippen LogP) is 3.11. The van der Waals surface area contributed by atoms with Crippen molar-refractivity contribution in [3.05, 3.63) is 66.6 Å². The van der Waals surface area contributed by atoms with Crippen LogP contribution in [0.5, 0.6) is 0 Å². The zero-order chi connectivity index (χ0) is 13.9. The van der Waals surface area contributed by atoms with Crippen molar-refractivity contribution >= 4 is 5.91 Å². The third kappa shape index (κ3) is 2.19. The van der Waals surface area contributed by atoms with E-state index >= 15 is 0 Å². The molecule has 20 heavy (non-hydrogen) atoms. The largest absolute Gasteiger partial charge is 0.432 e. The lowest BCUT2D eigenvalue weighted by Gasteiger charge is -2.00. The highest BCUT2D eigenvalue weighted by Crippen LogP contribution is 2.32. The SMILES string of the molecule is NC(=O)c1nc(-c2ccccc2)c(-c2ccccc2)o1. The van der Waals surface area contributed by atoms with Crippen LogP contribution in [0.15, 0.2) is 65.1 Å². The second kappa shape index (κ2) is 5.01. The average Bonchev–Trinajstić information content (AvgIpc) is 2.94. The highest BCUT2D eigenvalue weighted by atomic mass is 16.4. The fraction of sp³-hybridized carbons (Fsp3) is 0. The number of carbonyl (C=O) groups excluding carboxylic acids is 1. The summed E-state index contributed by atoms with van der Waals surface area (Å²) < 4.78 is 5.53. The van der Waals surface area contributed by atoms with Crippen molar-refractivity contribution in [3.8, 4) is 22.6 Å². The zero-order valence-corrected chi connectivity index (χ0v) is 10.6. The lowest BCUT2D eigenvalue weighted by atomic mass is 10.1. The molecule has 0 unspecified atom stereocenters. The van der Waals surface area contributed by atoms with Crippen molar-refractivity contribution < 1.29 is 9.21 Å². The molecule has 1 amide bonds. The van der Waals surface area contributed by atoms with Gasteiger partial charge in [0.05, 0.1) is 0 Å². The monoisotopic (exact) mass is 264 g/mol. The zero-order valence-electron chi connectivity index (χ0n) is 10.6. The Balaban J connectivity index is 2.20. The molecule has 0 aliphatic heterocycles. The summed E-state index contributed by atoms with van der Waals surface area (Å²) in [7, 11) is 0. The first-order valence-electron chi connectivity index (χ1n) is 6.17. The molecule has 0 atom stereocenters. The topological polar surface area (TPSA) is 69.1 Å². The van der Waals surface area contributed by atoms with Crippen molar-refractivity contribution in [2.24, 2.45) is 5.73 Å². The van der Waals surface area contributed by atoms with Gasteiger partial charge in [0.2, 0.25) is 0 Å². The number of amides is 1. The van der Waals surface area contributed by atoms with Gasteiger partial charge < -0.3 is 10.2 Å². The molecule has 3 rings (SSSR count). The molecular formula is C16H12N2O2. The quantitative estimate of drug-likeness (QED) is 0.790. The number of nitrogens with zero attached hydrogens (tertiary/aromatic N) is 1. The minimum absolute atomic E-state index is 0.0808. The van der Waals surface area contributed by atoms with E-state index in [4.69, 9.17) is 10.2 Å². The van der Waals surface area contributed by atoms with Crippen LogP contribution in [0.2, 0.25) is 0 Å². The van der Waals surface area contributed by atoms with E-state index in [0.29, 0.717) is 11.5 Å². The van der Waals surface area contributed by atoms with E-state index < -0.39 is 5.91 Å². The van der Waals surface area contributed by atoms with Crippen molar-refractivity contribution in [1.82, 2.24) is 4.98 Å². The van der Waals surface area contributed by atoms with Gasteiger partial charge in [0.25, 0.3) is 5.89 Å². The van der Waals surface area contributed by atoms with Gasteiger partial charge in [-0.05, 0) is 0 Å². The maximum absolute atomic E-state index is 11.3. The Morgan fingerprint density at radius 1 is 0.900 bits per heavy atom. The highest BCUT2D eigenvalue weighted by Gasteiger charge is 2.19. The van der Waals surface area contributed by atoms with Crippen LogP contribution in [-0.4, -0.2) is 10.9 Å². The minimum Gasteiger partial charge on any atom is -0.432 e. The molecule has 1 aromatic heterocycles. The first-order chi connectivity index (χ1) is 9.75. The number of carbonyl (C=O) groups is 1. The van der Waals surface area contributed by atoms with E-state index in [1.165, 1.54) is 0 Å². The van der Waals surface area contributed by atoms with Crippen molar-refractivity contribution in [1.29, 1.82) is 0 Å². The van der Waals surface area contributed by atoms with Crippen LogP contribution >= 0.6 is 0 Å². The molecule has 0 bridgehead atoms. The summed E-state index contributed by atoms with van der Waals surface area (Å²) in [5, 5.41) is 0. The van der Waals surface area contributed by atoms with E-state index in [-0.39, 0.29) is 5.89 Å². The number of primary amides is 1. The third-order valence-corrected chi connectivity index (χ3v) is 2.92. The Morgan fingerprint density at radius 2 is 1.45 bits per heavy atom. The predicted molar refractivity (Wildman–Crippen MR) is 75.9 cm³/mol. The molecule has 0 aliphatic rings. The van der Waals surface area contributed by atoms with Gasteiger partial charge in [-0.2, -0.15) is 0 Å². The molecule has 0 spiro atoms. The van der Waals surface area contributed by atoms with Crippen LogP contribution < -0.4 is 5.73 Å². The molecule has 0 aliphatic carbocycles. The highest BCUT2D eigenvalue weighted by molar-refractivity contribution is 5.90. The standard InChI is InChI=1S/C16H12N2O2/c17-15(19)16-18-13(11-7-3-1-4-8-11)14(20-16)12-9-5-2-6-10-12/h1-10H,(H2,17,19). The van der Waals surface area contributed by atoms with Gasteiger partial charge >= 0.3 is 5.91 Å². The van der Waals surface area contributed by atoms with Crippen LogP contribution in [0.4, 0.5) is 0 Å². The Hall–Kier alpha value is -2.88. The Bertz CT molecular complexity index is 677. The summed E-state index contributed by atoms with van der Waals surface area (Å²) in [4.78, 5) is 15.5. The second-order valence-electron chi connectivity index (χ2n) is 4.29. The molecule has 3 aromatic rings. The van der Waals surface area contributed by atoms with E-state index in [0.717, 1.165) is 11.1 Å². The van der Waals surface area contributed by atoms with Gasteiger partial charge in [-0.15, -0.1) is 0 Å². The van der Waals surface area contributed by atoms with Crippen LogP contribution in [-0.2, 0) is 0 Å². The van der Waals surface area contributed by atoms with Crippen LogP contribution in [0.25, 0.3) is 22.6 Å².